The van der Waals surface area contributed by atoms with Crippen molar-refractivity contribution in [3.05, 3.63) is 81.1 Å². The van der Waals surface area contributed by atoms with Gasteiger partial charge in [-0.25, -0.2) is 14.5 Å². The Labute approximate surface area is 207 Å². The number of aryl methyl sites for hydroxylation is 1. The minimum atomic E-state index is -0.840. The molecule has 5 rings (SSSR count). The largest absolute Gasteiger partial charge is 0.456 e. The normalized spacial score (nSPS) is 12.2. The molecule has 1 atom stereocenters. The Morgan fingerprint density at radius 1 is 1.19 bits per heavy atom. The Balaban J connectivity index is 1.71. The molecule has 4 heterocycles. The first-order valence-electron chi connectivity index (χ1n) is 11.1. The first-order valence-corrected chi connectivity index (χ1v) is 11.9. The predicted molar refractivity (Wildman–Crippen MR) is 129 cm³/mol. The Kier molecular flexibility index (Phi) is 6.29. The third-order valence-electron chi connectivity index (χ3n) is 5.68. The first kappa shape index (κ1) is 23.4. The third kappa shape index (κ3) is 4.24. The summed E-state index contributed by atoms with van der Waals surface area (Å²) in [5.74, 6) is -0.0926. The predicted octanol–water partition coefficient (Wildman–Crippen LogP) is 2.37. The van der Waals surface area contributed by atoms with Crippen molar-refractivity contribution in [1.82, 2.24) is 34.3 Å². The van der Waals surface area contributed by atoms with Crippen LogP contribution in [0.4, 0.5) is 0 Å². The van der Waals surface area contributed by atoms with E-state index in [1.54, 1.807) is 38.1 Å². The van der Waals surface area contributed by atoms with Crippen LogP contribution in [0.1, 0.15) is 30.6 Å². The van der Waals surface area contributed by atoms with Crippen LogP contribution in [0.15, 0.2) is 63.1 Å². The fourth-order valence-corrected chi connectivity index (χ4v) is 5.12. The number of fused-ring (bicyclic) bond motifs is 1. The zero-order chi connectivity index (χ0) is 25.2. The number of hydrogen-bond acceptors (Lipinski definition) is 10. The number of tetrazole rings is 1. The average Bonchev–Trinajstić information content (AvgIpc) is 3.66. The molecule has 0 radical (unpaired) electrons. The molecule has 0 spiro atoms. The van der Waals surface area contributed by atoms with Crippen LogP contribution in [0.5, 0.6) is 0 Å². The molecule has 0 unspecified atom stereocenters. The van der Waals surface area contributed by atoms with Gasteiger partial charge in [-0.2, -0.15) is 0 Å². The molecule has 0 N–H and O–H groups in total. The van der Waals surface area contributed by atoms with Crippen molar-refractivity contribution in [3.8, 4) is 10.8 Å². The van der Waals surface area contributed by atoms with Gasteiger partial charge in [0.25, 0.3) is 5.56 Å². The average molecular weight is 508 g/mol. The van der Waals surface area contributed by atoms with Crippen molar-refractivity contribution in [2.45, 2.75) is 39.6 Å². The second kappa shape index (κ2) is 9.70. The Morgan fingerprint density at radius 3 is 2.67 bits per heavy atom. The Bertz CT molecular complexity index is 1620. The van der Waals surface area contributed by atoms with Gasteiger partial charge in [-0.3, -0.25) is 18.7 Å². The summed E-state index contributed by atoms with van der Waals surface area (Å²) in [6, 6.07) is 9.00. The zero-order valence-corrected chi connectivity index (χ0v) is 20.2. The van der Waals surface area contributed by atoms with Crippen molar-refractivity contribution in [2.75, 3.05) is 0 Å². The molecule has 5 aromatic rings. The quantitative estimate of drug-likeness (QED) is 0.290. The molecule has 0 aliphatic heterocycles. The van der Waals surface area contributed by atoms with Gasteiger partial charge in [-0.05, 0) is 28.5 Å². The summed E-state index contributed by atoms with van der Waals surface area (Å²) in [5, 5.41) is 11.5. The van der Waals surface area contributed by atoms with Gasteiger partial charge in [0.1, 0.15) is 30.2 Å². The number of ether oxygens (including phenoxy) is 1. The van der Waals surface area contributed by atoms with E-state index in [0.29, 0.717) is 32.1 Å². The van der Waals surface area contributed by atoms with Gasteiger partial charge in [0.05, 0.1) is 23.0 Å². The topological polar surface area (TPSA) is 140 Å². The summed E-state index contributed by atoms with van der Waals surface area (Å²) in [6.45, 7) is 3.27. The fourth-order valence-electron chi connectivity index (χ4n) is 3.90. The van der Waals surface area contributed by atoms with Gasteiger partial charge < -0.3 is 9.15 Å². The smallest absolute Gasteiger partial charge is 0.333 e. The van der Waals surface area contributed by atoms with E-state index in [2.05, 4.69) is 20.5 Å². The van der Waals surface area contributed by atoms with Crippen LogP contribution in [-0.4, -0.2) is 40.3 Å². The lowest BCUT2D eigenvalue weighted by molar-refractivity contribution is -0.149. The molecular formula is C23H21N7O5S. The number of rotatable bonds is 8. The molecule has 13 heteroatoms. The van der Waals surface area contributed by atoms with Gasteiger partial charge in [-0.15, -0.1) is 16.4 Å². The van der Waals surface area contributed by atoms with Crippen molar-refractivity contribution < 1.29 is 13.9 Å². The highest BCUT2D eigenvalue weighted by atomic mass is 32.1. The van der Waals surface area contributed by atoms with E-state index in [0.717, 1.165) is 4.57 Å². The van der Waals surface area contributed by atoms with Crippen molar-refractivity contribution in [3.63, 3.8) is 0 Å². The molecule has 0 saturated carbocycles. The number of hydrogen-bond donors (Lipinski definition) is 0. The van der Waals surface area contributed by atoms with Crippen LogP contribution in [0, 0.1) is 6.92 Å². The molecule has 0 aliphatic carbocycles. The van der Waals surface area contributed by atoms with Crippen LogP contribution in [0.25, 0.3) is 21.0 Å². The number of nitrogens with zero attached hydrogens (tertiary/aromatic N) is 7. The van der Waals surface area contributed by atoms with Crippen molar-refractivity contribution in [1.29, 1.82) is 0 Å². The number of oxazole rings is 1. The standard InChI is InChI=1S/C23H21N7O5S/c1-3-17(31)35-16(15-7-5-4-6-8-15)11-29-21(32)18-14(2)19(20-24-9-10-34-20)36-22(18)30(23(29)33)13-28-12-25-26-27-28/h4-10,12,16H,3,11,13H2,1-2H3/t16-/m0/s1. The van der Waals surface area contributed by atoms with Crippen LogP contribution in [0.3, 0.4) is 0 Å². The lowest BCUT2D eigenvalue weighted by Gasteiger charge is -2.20. The van der Waals surface area contributed by atoms with Gasteiger partial charge in [-0.1, -0.05) is 37.3 Å². The van der Waals surface area contributed by atoms with Gasteiger partial charge in [0.2, 0.25) is 5.89 Å². The SMILES string of the molecule is CCC(=O)O[C@@H](Cn1c(=O)c2c(C)c(-c3ncco3)sc2n(Cn2cnnn2)c1=O)c1ccccc1. The van der Waals surface area contributed by atoms with E-state index in [-0.39, 0.29) is 19.6 Å². The van der Waals surface area contributed by atoms with Gasteiger partial charge in [0, 0.05) is 6.42 Å². The maximum atomic E-state index is 13.7. The summed E-state index contributed by atoms with van der Waals surface area (Å²) in [6.07, 6.45) is 3.65. The fraction of sp³-hybridized carbons (Fsp3) is 0.261. The second-order valence-electron chi connectivity index (χ2n) is 7.93. The van der Waals surface area contributed by atoms with E-state index in [1.807, 2.05) is 6.07 Å². The number of esters is 1. The lowest BCUT2D eigenvalue weighted by Crippen LogP contribution is -2.42. The summed E-state index contributed by atoms with van der Waals surface area (Å²) < 4.78 is 15.0. The minimum Gasteiger partial charge on any atom is -0.456 e. The van der Waals surface area contributed by atoms with Crippen molar-refractivity contribution >= 4 is 27.5 Å². The number of carbonyl (C=O) groups is 1. The van der Waals surface area contributed by atoms with Crippen LogP contribution in [0.2, 0.25) is 0 Å². The van der Waals surface area contributed by atoms with E-state index in [4.69, 9.17) is 9.15 Å². The summed E-state index contributed by atoms with van der Waals surface area (Å²) in [4.78, 5) is 44.9. The molecule has 0 fully saturated rings. The maximum absolute atomic E-state index is 13.7. The summed E-state index contributed by atoms with van der Waals surface area (Å²) >= 11 is 1.22. The number of benzene rings is 1. The van der Waals surface area contributed by atoms with Crippen LogP contribution >= 0.6 is 11.3 Å². The molecular weight excluding hydrogens is 486 g/mol. The second-order valence-corrected chi connectivity index (χ2v) is 8.93. The van der Waals surface area contributed by atoms with Gasteiger partial charge in [0.15, 0.2) is 0 Å². The Morgan fingerprint density at radius 2 is 2.00 bits per heavy atom. The van der Waals surface area contributed by atoms with E-state index in [1.165, 1.54) is 39.4 Å². The maximum Gasteiger partial charge on any atom is 0.333 e. The highest BCUT2D eigenvalue weighted by Crippen LogP contribution is 2.35. The number of aromatic nitrogens is 7. The van der Waals surface area contributed by atoms with E-state index >= 15 is 0 Å². The summed E-state index contributed by atoms with van der Waals surface area (Å²) in [7, 11) is 0. The van der Waals surface area contributed by atoms with Crippen LogP contribution in [-0.2, 0) is 22.7 Å². The lowest BCUT2D eigenvalue weighted by atomic mass is 10.1. The third-order valence-corrected chi connectivity index (χ3v) is 6.98. The molecule has 184 valence electrons. The molecule has 0 aliphatic rings. The molecule has 4 aromatic heterocycles. The molecule has 1 aromatic carbocycles. The summed E-state index contributed by atoms with van der Waals surface area (Å²) in [5.41, 5.74) is 0.211. The van der Waals surface area contributed by atoms with E-state index in [9.17, 15) is 14.4 Å². The minimum absolute atomic E-state index is 0.0294. The molecule has 0 saturated heterocycles. The molecule has 0 amide bonds. The first-order chi connectivity index (χ1) is 17.5. The van der Waals surface area contributed by atoms with Gasteiger partial charge >= 0.3 is 11.7 Å². The van der Waals surface area contributed by atoms with Crippen molar-refractivity contribution in [2.24, 2.45) is 0 Å². The highest BCUT2D eigenvalue weighted by molar-refractivity contribution is 7.22. The molecule has 12 nitrogen and oxygen atoms in total. The highest BCUT2D eigenvalue weighted by Gasteiger charge is 2.25. The monoisotopic (exact) mass is 507 g/mol. The molecule has 0 bridgehead atoms. The van der Waals surface area contributed by atoms with Crippen LogP contribution < -0.4 is 11.2 Å². The zero-order valence-electron chi connectivity index (χ0n) is 19.4. The Hall–Kier alpha value is -4.39. The number of thiophene rings is 1. The van der Waals surface area contributed by atoms with E-state index < -0.39 is 23.3 Å². The number of carbonyl (C=O) groups excluding carboxylic acids is 1. The molecule has 36 heavy (non-hydrogen) atoms.